The molecule has 0 aliphatic heterocycles. The molecule has 124 valence electrons. The summed E-state index contributed by atoms with van der Waals surface area (Å²) in [4.78, 5) is 16.2. The van der Waals surface area contributed by atoms with Gasteiger partial charge in [0.2, 0.25) is 0 Å². The molecule has 0 saturated heterocycles. The van der Waals surface area contributed by atoms with Crippen molar-refractivity contribution in [1.29, 1.82) is 0 Å². The average molecular weight is 333 g/mol. The van der Waals surface area contributed by atoms with Gasteiger partial charge in [0, 0.05) is 24.4 Å². The maximum Gasteiger partial charge on any atom is 0.343 e. The second kappa shape index (κ2) is 7.31. The van der Waals surface area contributed by atoms with Crippen molar-refractivity contribution in [2.24, 2.45) is 4.99 Å². The molecule has 0 fully saturated rings. The lowest BCUT2D eigenvalue weighted by molar-refractivity contribution is 0.0735. The number of aliphatic imine (C=N–C) groups is 1. The minimum Gasteiger partial charge on any atom is -0.508 e. The Kier molecular flexibility index (Phi) is 4.76. The van der Waals surface area contributed by atoms with Crippen LogP contribution in [0.5, 0.6) is 17.2 Å². The maximum atomic E-state index is 12.1. The maximum absolute atomic E-state index is 12.1. The average Bonchev–Trinajstić information content (AvgIpc) is 2.60. The van der Waals surface area contributed by atoms with Gasteiger partial charge in [-0.15, -0.1) is 0 Å². The molecule has 0 aliphatic rings. The molecule has 3 aromatic carbocycles. The number of hydrogen-bond donors (Lipinski definition) is 2. The van der Waals surface area contributed by atoms with Crippen molar-refractivity contribution in [1.82, 2.24) is 0 Å². The predicted octanol–water partition coefficient (Wildman–Crippen LogP) is 4.07. The zero-order valence-electron chi connectivity index (χ0n) is 13.2. The van der Waals surface area contributed by atoms with E-state index in [0.29, 0.717) is 17.0 Å². The van der Waals surface area contributed by atoms with Gasteiger partial charge < -0.3 is 14.9 Å². The molecule has 3 rings (SSSR count). The summed E-state index contributed by atoms with van der Waals surface area (Å²) in [6.45, 7) is 0. The molecule has 5 nitrogen and oxygen atoms in total. The lowest BCUT2D eigenvalue weighted by Gasteiger charge is -2.04. The first-order valence-electron chi connectivity index (χ1n) is 7.54. The number of nitrogens with zero attached hydrogens (tertiary/aromatic N) is 1. The third-order valence-corrected chi connectivity index (χ3v) is 3.35. The molecule has 0 aliphatic carbocycles. The van der Waals surface area contributed by atoms with Crippen molar-refractivity contribution in [2.45, 2.75) is 0 Å². The Balaban J connectivity index is 1.69. The van der Waals surface area contributed by atoms with E-state index >= 15 is 0 Å². The third-order valence-electron chi connectivity index (χ3n) is 3.35. The highest BCUT2D eigenvalue weighted by Gasteiger charge is 2.07. The van der Waals surface area contributed by atoms with E-state index in [0.717, 1.165) is 5.56 Å². The standard InChI is InChI=1S/C20H15NO4/c22-17-10-16(11-18(23)12-17)21-13-14-6-8-15(9-7-14)20(24)25-19-4-2-1-3-5-19/h1-13,22-23H. The zero-order valence-corrected chi connectivity index (χ0v) is 13.2. The fourth-order valence-electron chi connectivity index (χ4n) is 2.16. The summed E-state index contributed by atoms with van der Waals surface area (Å²) in [5.41, 5.74) is 1.61. The van der Waals surface area contributed by atoms with Gasteiger partial charge in [0.05, 0.1) is 11.3 Å². The molecule has 0 saturated carbocycles. The van der Waals surface area contributed by atoms with Crippen molar-refractivity contribution in [3.63, 3.8) is 0 Å². The minimum absolute atomic E-state index is 0.0637. The first-order chi connectivity index (χ1) is 12.1. The van der Waals surface area contributed by atoms with Crippen LogP contribution >= 0.6 is 0 Å². The van der Waals surface area contributed by atoms with Crippen LogP contribution in [-0.2, 0) is 0 Å². The fourth-order valence-corrected chi connectivity index (χ4v) is 2.16. The molecule has 0 aromatic heterocycles. The number of benzene rings is 3. The van der Waals surface area contributed by atoms with Crippen molar-refractivity contribution < 1.29 is 19.7 Å². The van der Waals surface area contributed by atoms with E-state index < -0.39 is 5.97 Å². The molecule has 0 radical (unpaired) electrons. The van der Waals surface area contributed by atoms with Crippen LogP contribution in [0, 0.1) is 0 Å². The third kappa shape index (κ3) is 4.45. The molecule has 2 N–H and O–H groups in total. The van der Waals surface area contributed by atoms with Crippen molar-refractivity contribution in [2.75, 3.05) is 0 Å². The Morgan fingerprint density at radius 3 is 2.16 bits per heavy atom. The summed E-state index contributed by atoms with van der Waals surface area (Å²) < 4.78 is 5.27. The molecule has 3 aromatic rings. The Morgan fingerprint density at radius 1 is 0.880 bits per heavy atom. The van der Waals surface area contributed by atoms with Crippen LogP contribution in [0.25, 0.3) is 0 Å². The van der Waals surface area contributed by atoms with Crippen molar-refractivity contribution in [3.05, 3.63) is 83.9 Å². The number of phenols is 2. The van der Waals surface area contributed by atoms with Crippen molar-refractivity contribution in [3.8, 4) is 17.2 Å². The molecule has 0 spiro atoms. The lowest BCUT2D eigenvalue weighted by Crippen LogP contribution is -2.08. The van der Waals surface area contributed by atoms with E-state index in [1.165, 1.54) is 18.2 Å². The van der Waals surface area contributed by atoms with Gasteiger partial charge >= 0.3 is 5.97 Å². The Hall–Kier alpha value is -3.60. The number of phenolic OH excluding ortho intramolecular Hbond substituents is 2. The monoisotopic (exact) mass is 333 g/mol. The molecule has 0 heterocycles. The Morgan fingerprint density at radius 2 is 1.52 bits per heavy atom. The smallest absolute Gasteiger partial charge is 0.343 e. The SMILES string of the molecule is O=C(Oc1ccccc1)c1ccc(C=Nc2cc(O)cc(O)c2)cc1. The van der Waals surface area contributed by atoms with E-state index in [9.17, 15) is 15.0 Å². The van der Waals surface area contributed by atoms with Crippen LogP contribution in [-0.4, -0.2) is 22.4 Å². The molecular weight excluding hydrogens is 318 g/mol. The summed E-state index contributed by atoms with van der Waals surface area (Å²) in [6, 6.07) is 19.7. The van der Waals surface area contributed by atoms with E-state index in [4.69, 9.17) is 4.74 Å². The van der Waals surface area contributed by atoms with Gasteiger partial charge in [0.25, 0.3) is 0 Å². The van der Waals surface area contributed by atoms with Gasteiger partial charge in [-0.3, -0.25) is 4.99 Å². The van der Waals surface area contributed by atoms with Gasteiger partial charge in [-0.25, -0.2) is 4.79 Å². The van der Waals surface area contributed by atoms with Crippen molar-refractivity contribution >= 4 is 17.9 Å². The van der Waals surface area contributed by atoms with Gasteiger partial charge in [-0.1, -0.05) is 30.3 Å². The summed E-state index contributed by atoms with van der Waals surface area (Å²) in [5.74, 6) is -0.0771. The Labute approximate surface area is 144 Å². The van der Waals surface area contributed by atoms with Crippen LogP contribution in [0.4, 0.5) is 5.69 Å². The van der Waals surface area contributed by atoms with E-state index in [2.05, 4.69) is 4.99 Å². The summed E-state index contributed by atoms with van der Waals surface area (Å²) in [6.07, 6.45) is 1.57. The largest absolute Gasteiger partial charge is 0.508 e. The van der Waals surface area contributed by atoms with Gasteiger partial charge in [0.15, 0.2) is 0 Å². The number of carbonyl (C=O) groups excluding carboxylic acids is 1. The highest BCUT2D eigenvalue weighted by molar-refractivity contribution is 5.92. The first kappa shape index (κ1) is 16.3. The quantitative estimate of drug-likeness (QED) is 0.428. The van der Waals surface area contributed by atoms with Crippen LogP contribution in [0.15, 0.2) is 77.8 Å². The molecule has 0 atom stereocenters. The lowest BCUT2D eigenvalue weighted by atomic mass is 10.1. The van der Waals surface area contributed by atoms with E-state index in [1.54, 1.807) is 54.7 Å². The zero-order chi connectivity index (χ0) is 17.6. The topological polar surface area (TPSA) is 79.1 Å². The molecule has 5 heteroatoms. The van der Waals surface area contributed by atoms with Crippen LogP contribution in [0.3, 0.4) is 0 Å². The number of para-hydroxylation sites is 1. The van der Waals surface area contributed by atoms with Crippen LogP contribution in [0.2, 0.25) is 0 Å². The second-order valence-electron chi connectivity index (χ2n) is 5.29. The number of ether oxygens (including phenoxy) is 1. The number of rotatable bonds is 4. The second-order valence-corrected chi connectivity index (χ2v) is 5.29. The van der Waals surface area contributed by atoms with E-state index in [-0.39, 0.29) is 11.5 Å². The summed E-state index contributed by atoms with van der Waals surface area (Å²) >= 11 is 0. The first-order valence-corrected chi connectivity index (χ1v) is 7.54. The highest BCUT2D eigenvalue weighted by Crippen LogP contribution is 2.25. The van der Waals surface area contributed by atoms with Gasteiger partial charge in [0.1, 0.15) is 17.2 Å². The number of esters is 1. The van der Waals surface area contributed by atoms with Gasteiger partial charge in [-0.05, 0) is 29.8 Å². The molecule has 0 bridgehead atoms. The summed E-state index contributed by atoms with van der Waals surface area (Å²) in [5, 5.41) is 18.8. The minimum atomic E-state index is -0.437. The van der Waals surface area contributed by atoms with E-state index in [1.807, 2.05) is 6.07 Å². The normalized spacial score (nSPS) is 10.7. The molecule has 25 heavy (non-hydrogen) atoms. The highest BCUT2D eigenvalue weighted by atomic mass is 16.5. The molecule has 0 unspecified atom stereocenters. The molecule has 0 amide bonds. The predicted molar refractivity (Wildman–Crippen MR) is 94.9 cm³/mol. The number of aromatic hydroxyl groups is 2. The van der Waals surface area contributed by atoms with Crippen LogP contribution < -0.4 is 4.74 Å². The number of carbonyl (C=O) groups is 1. The molecular formula is C20H15NO4. The van der Waals surface area contributed by atoms with Gasteiger partial charge in [-0.2, -0.15) is 0 Å². The Bertz CT molecular complexity index is 882. The number of hydrogen-bond acceptors (Lipinski definition) is 5. The fraction of sp³-hybridized carbons (Fsp3) is 0. The van der Waals surface area contributed by atoms with Crippen LogP contribution in [0.1, 0.15) is 15.9 Å². The summed E-state index contributed by atoms with van der Waals surface area (Å²) in [7, 11) is 0.